The summed E-state index contributed by atoms with van der Waals surface area (Å²) in [6.07, 6.45) is 1.69. The maximum Gasteiger partial charge on any atom is 0.198 e. The Hall–Kier alpha value is 0.650. The van der Waals surface area contributed by atoms with E-state index in [2.05, 4.69) is 9.97 Å². The zero-order valence-electron chi connectivity index (χ0n) is 7.21. The van der Waals surface area contributed by atoms with E-state index in [1.807, 2.05) is 13.0 Å². The minimum absolute atomic E-state index is 0.152. The van der Waals surface area contributed by atoms with Crippen LogP contribution < -0.4 is 0 Å². The largest absolute Gasteiger partial charge is 0.230 e. The van der Waals surface area contributed by atoms with E-state index >= 15 is 0 Å². The van der Waals surface area contributed by atoms with Crippen molar-refractivity contribution in [3.8, 4) is 0 Å². The standard InChI is InChI=1S/C7H7Cl3N2S2/c1-5-2-3-11-6(12-5)13-14-7(9,10)4-8/h2-3H,4H2,1H3. The van der Waals surface area contributed by atoms with Gasteiger partial charge < -0.3 is 0 Å². The normalized spacial score (nSPS) is 11.7. The molecule has 0 aliphatic carbocycles. The molecule has 0 aliphatic rings. The van der Waals surface area contributed by atoms with E-state index < -0.39 is 3.67 Å². The average molecular weight is 290 g/mol. The molecule has 1 rings (SSSR count). The fourth-order valence-corrected chi connectivity index (χ4v) is 3.04. The molecule has 0 amide bonds. The van der Waals surface area contributed by atoms with Crippen molar-refractivity contribution in [2.45, 2.75) is 15.7 Å². The highest BCUT2D eigenvalue weighted by Gasteiger charge is 2.24. The lowest BCUT2D eigenvalue weighted by atomic mass is 10.5. The van der Waals surface area contributed by atoms with E-state index in [4.69, 9.17) is 34.8 Å². The minimum atomic E-state index is -1.00. The van der Waals surface area contributed by atoms with Crippen LogP contribution in [0, 0.1) is 6.92 Å². The summed E-state index contributed by atoms with van der Waals surface area (Å²) in [5, 5.41) is 0.630. The van der Waals surface area contributed by atoms with Crippen molar-refractivity contribution < 1.29 is 0 Å². The number of rotatable bonds is 4. The van der Waals surface area contributed by atoms with Gasteiger partial charge in [-0.05, 0) is 34.6 Å². The molecule has 14 heavy (non-hydrogen) atoms. The van der Waals surface area contributed by atoms with Crippen molar-refractivity contribution in [2.24, 2.45) is 0 Å². The van der Waals surface area contributed by atoms with Crippen LogP contribution in [0.2, 0.25) is 0 Å². The van der Waals surface area contributed by atoms with Gasteiger partial charge in [0.1, 0.15) is 0 Å². The Balaban J connectivity index is 2.54. The van der Waals surface area contributed by atoms with Gasteiger partial charge in [-0.25, -0.2) is 9.97 Å². The number of halogens is 3. The molecule has 0 fully saturated rings. The number of alkyl halides is 3. The van der Waals surface area contributed by atoms with Gasteiger partial charge in [-0.1, -0.05) is 23.2 Å². The smallest absolute Gasteiger partial charge is 0.198 e. The molecule has 7 heteroatoms. The molecular weight excluding hydrogens is 283 g/mol. The zero-order valence-corrected chi connectivity index (χ0v) is 11.1. The molecule has 0 unspecified atom stereocenters. The van der Waals surface area contributed by atoms with Crippen molar-refractivity contribution in [3.05, 3.63) is 18.0 Å². The van der Waals surface area contributed by atoms with Gasteiger partial charge in [0.15, 0.2) is 8.82 Å². The minimum Gasteiger partial charge on any atom is -0.230 e. The van der Waals surface area contributed by atoms with Crippen LogP contribution in [0.25, 0.3) is 0 Å². The van der Waals surface area contributed by atoms with Crippen LogP contribution in [0.1, 0.15) is 5.69 Å². The van der Waals surface area contributed by atoms with Crippen LogP contribution in [0.15, 0.2) is 17.4 Å². The van der Waals surface area contributed by atoms with Gasteiger partial charge in [0.2, 0.25) is 0 Å². The highest BCUT2D eigenvalue weighted by molar-refractivity contribution is 8.77. The Morgan fingerprint density at radius 1 is 1.50 bits per heavy atom. The highest BCUT2D eigenvalue weighted by atomic mass is 35.5. The van der Waals surface area contributed by atoms with Crippen LogP contribution in [0.5, 0.6) is 0 Å². The first-order valence-corrected chi connectivity index (χ1v) is 7.07. The molecule has 78 valence electrons. The van der Waals surface area contributed by atoms with E-state index in [1.54, 1.807) is 6.20 Å². The predicted octanol–water partition coefficient (Wildman–Crippen LogP) is 3.90. The molecule has 0 saturated carbocycles. The van der Waals surface area contributed by atoms with Gasteiger partial charge in [-0.3, -0.25) is 0 Å². The number of hydrogen-bond donors (Lipinski definition) is 0. The van der Waals surface area contributed by atoms with Crippen molar-refractivity contribution in [1.82, 2.24) is 9.97 Å². The Kier molecular flexibility index (Phi) is 5.14. The third kappa shape index (κ3) is 4.45. The third-order valence-corrected chi connectivity index (χ3v) is 5.65. The van der Waals surface area contributed by atoms with Crippen molar-refractivity contribution in [3.63, 3.8) is 0 Å². The highest BCUT2D eigenvalue weighted by Crippen LogP contribution is 2.45. The SMILES string of the molecule is Cc1ccnc(SSC(Cl)(Cl)CCl)n1. The number of aromatic nitrogens is 2. The maximum absolute atomic E-state index is 5.83. The van der Waals surface area contributed by atoms with Crippen LogP contribution in [0.3, 0.4) is 0 Å². The molecule has 0 atom stereocenters. The molecule has 0 spiro atoms. The Morgan fingerprint density at radius 2 is 2.21 bits per heavy atom. The van der Waals surface area contributed by atoms with Gasteiger partial charge in [0.25, 0.3) is 0 Å². The van der Waals surface area contributed by atoms with Gasteiger partial charge in [-0.2, -0.15) is 0 Å². The van der Waals surface area contributed by atoms with E-state index in [0.717, 1.165) is 5.69 Å². The summed E-state index contributed by atoms with van der Waals surface area (Å²) in [5.41, 5.74) is 0.906. The van der Waals surface area contributed by atoms with Crippen LogP contribution in [-0.4, -0.2) is 19.5 Å². The van der Waals surface area contributed by atoms with Gasteiger partial charge in [0.05, 0.1) is 5.88 Å². The first-order chi connectivity index (χ1) is 6.53. The summed E-state index contributed by atoms with van der Waals surface area (Å²) in [5.74, 6) is 0.152. The van der Waals surface area contributed by atoms with Gasteiger partial charge in [-0.15, -0.1) is 11.6 Å². The van der Waals surface area contributed by atoms with Crippen molar-refractivity contribution in [1.29, 1.82) is 0 Å². The van der Waals surface area contributed by atoms with Crippen LogP contribution >= 0.6 is 56.4 Å². The maximum atomic E-state index is 5.83. The second kappa shape index (κ2) is 5.66. The molecule has 1 heterocycles. The van der Waals surface area contributed by atoms with Crippen LogP contribution in [0.4, 0.5) is 0 Å². The van der Waals surface area contributed by atoms with Gasteiger partial charge in [0, 0.05) is 11.9 Å². The molecular formula is C7H7Cl3N2S2. The summed E-state index contributed by atoms with van der Waals surface area (Å²) < 4.78 is -1.00. The topological polar surface area (TPSA) is 25.8 Å². The summed E-state index contributed by atoms with van der Waals surface area (Å²) in [4.78, 5) is 8.23. The first-order valence-electron chi connectivity index (χ1n) is 3.62. The Morgan fingerprint density at radius 3 is 2.79 bits per heavy atom. The van der Waals surface area contributed by atoms with E-state index in [1.165, 1.54) is 21.6 Å². The molecule has 0 aromatic carbocycles. The fourth-order valence-electron chi connectivity index (χ4n) is 0.587. The van der Waals surface area contributed by atoms with Crippen molar-refractivity contribution in [2.75, 3.05) is 5.88 Å². The molecule has 1 aromatic rings. The van der Waals surface area contributed by atoms with Gasteiger partial charge >= 0.3 is 0 Å². The molecule has 2 nitrogen and oxygen atoms in total. The summed E-state index contributed by atoms with van der Waals surface area (Å²) in [7, 11) is 2.54. The zero-order chi connectivity index (χ0) is 10.6. The molecule has 0 radical (unpaired) electrons. The second-order valence-corrected chi connectivity index (χ2v) is 7.01. The second-order valence-electron chi connectivity index (χ2n) is 2.42. The quantitative estimate of drug-likeness (QED) is 0.477. The molecule has 0 saturated heterocycles. The summed E-state index contributed by atoms with van der Waals surface area (Å²) in [6.45, 7) is 1.90. The molecule has 0 N–H and O–H groups in total. The lowest BCUT2D eigenvalue weighted by Gasteiger charge is -2.12. The fraction of sp³-hybridized carbons (Fsp3) is 0.429. The molecule has 1 aromatic heterocycles. The third-order valence-electron chi connectivity index (χ3n) is 1.17. The number of aryl methyl sites for hydroxylation is 1. The van der Waals surface area contributed by atoms with E-state index in [9.17, 15) is 0 Å². The Labute approximate surface area is 106 Å². The first kappa shape index (κ1) is 12.7. The van der Waals surface area contributed by atoms with E-state index in [-0.39, 0.29) is 5.88 Å². The average Bonchev–Trinajstić information content (AvgIpc) is 2.15. The summed E-state index contributed by atoms with van der Waals surface area (Å²) >= 11 is 17.2. The molecule has 0 aliphatic heterocycles. The monoisotopic (exact) mass is 288 g/mol. The van der Waals surface area contributed by atoms with E-state index in [0.29, 0.717) is 5.16 Å². The molecule has 0 bridgehead atoms. The predicted molar refractivity (Wildman–Crippen MR) is 65.4 cm³/mol. The number of nitrogens with zero attached hydrogens (tertiary/aromatic N) is 2. The van der Waals surface area contributed by atoms with Crippen molar-refractivity contribution >= 4 is 56.4 Å². The van der Waals surface area contributed by atoms with Crippen LogP contribution in [-0.2, 0) is 0 Å². The summed E-state index contributed by atoms with van der Waals surface area (Å²) in [6, 6.07) is 1.82. The lowest BCUT2D eigenvalue weighted by molar-refractivity contribution is 0.937. The number of hydrogen-bond acceptors (Lipinski definition) is 4. The Bertz CT molecular complexity index is 309. The lowest BCUT2D eigenvalue weighted by Crippen LogP contribution is -2.06.